The second-order valence-corrected chi connectivity index (χ2v) is 7.01. The van der Waals surface area contributed by atoms with Crippen LogP contribution in [-0.4, -0.2) is 41.9 Å². The number of anilines is 1. The van der Waals surface area contributed by atoms with Gasteiger partial charge in [-0.25, -0.2) is 17.8 Å². The van der Waals surface area contributed by atoms with Crippen molar-refractivity contribution in [3.63, 3.8) is 0 Å². The molecule has 0 saturated carbocycles. The van der Waals surface area contributed by atoms with Gasteiger partial charge in [-0.3, -0.25) is 9.59 Å². The summed E-state index contributed by atoms with van der Waals surface area (Å²) in [6, 6.07) is 5.74. The number of hydrogen-bond donors (Lipinski definition) is 2. The number of nitrogens with zero attached hydrogens (tertiary/aromatic N) is 3. The fraction of sp³-hybridized carbons (Fsp3) is 0.333. The largest absolute Gasteiger partial charge is 0.465 e. The molecular formula is C15H19N5O5S. The number of rotatable bonds is 8. The lowest BCUT2D eigenvalue weighted by Crippen LogP contribution is -2.23. The van der Waals surface area contributed by atoms with Crippen LogP contribution in [0.4, 0.5) is 5.69 Å². The van der Waals surface area contributed by atoms with Crippen molar-refractivity contribution < 1.29 is 22.7 Å². The summed E-state index contributed by atoms with van der Waals surface area (Å²) in [5, 5.41) is 10.1. The Bertz CT molecular complexity index is 876. The molecule has 2 N–H and O–H groups in total. The summed E-state index contributed by atoms with van der Waals surface area (Å²) in [6.45, 7) is 3.14. The van der Waals surface area contributed by atoms with Gasteiger partial charge in [-0.05, 0) is 31.2 Å². The molecule has 0 bridgehead atoms. The molecule has 1 aromatic heterocycles. The van der Waals surface area contributed by atoms with Crippen LogP contribution < -0.4 is 10.0 Å². The first-order valence-corrected chi connectivity index (χ1v) is 9.20. The van der Waals surface area contributed by atoms with E-state index in [1.165, 1.54) is 42.1 Å². The molecule has 1 heterocycles. The predicted molar refractivity (Wildman–Crippen MR) is 91.4 cm³/mol. The minimum atomic E-state index is -3.76. The highest BCUT2D eigenvalue weighted by molar-refractivity contribution is 7.89. The van der Waals surface area contributed by atoms with Crippen molar-refractivity contribution in [1.29, 1.82) is 0 Å². The van der Waals surface area contributed by atoms with Crippen molar-refractivity contribution in [3.05, 3.63) is 36.2 Å². The molecule has 140 valence electrons. The first kappa shape index (κ1) is 19.5. The first-order chi connectivity index (χ1) is 12.3. The predicted octanol–water partition coefficient (Wildman–Crippen LogP) is 0.278. The average Bonchev–Trinajstić information content (AvgIpc) is 3.01. The first-order valence-electron chi connectivity index (χ1n) is 7.72. The van der Waals surface area contributed by atoms with E-state index in [0.29, 0.717) is 11.4 Å². The van der Waals surface area contributed by atoms with Gasteiger partial charge in [-0.15, -0.1) is 5.10 Å². The number of sulfonamides is 1. The maximum absolute atomic E-state index is 12.3. The summed E-state index contributed by atoms with van der Waals surface area (Å²) < 4.78 is 33.0. The quantitative estimate of drug-likeness (QED) is 0.628. The molecule has 26 heavy (non-hydrogen) atoms. The average molecular weight is 381 g/mol. The summed E-state index contributed by atoms with van der Waals surface area (Å²) in [5.41, 5.74) is 0.853. The molecule has 0 fully saturated rings. The van der Waals surface area contributed by atoms with Gasteiger partial charge in [0.2, 0.25) is 15.9 Å². The number of aromatic nitrogens is 3. The smallest absolute Gasteiger partial charge is 0.327 e. The molecule has 0 spiro atoms. The minimum Gasteiger partial charge on any atom is -0.465 e. The van der Waals surface area contributed by atoms with Crippen molar-refractivity contribution in [3.8, 4) is 0 Å². The van der Waals surface area contributed by atoms with Gasteiger partial charge < -0.3 is 10.1 Å². The zero-order valence-corrected chi connectivity index (χ0v) is 15.1. The van der Waals surface area contributed by atoms with Crippen LogP contribution in [0.5, 0.6) is 0 Å². The third-order valence-corrected chi connectivity index (χ3v) is 4.53. The summed E-state index contributed by atoms with van der Waals surface area (Å²) in [6.07, 6.45) is 1.46. The number of ether oxygens (including phenoxy) is 1. The highest BCUT2D eigenvalue weighted by Gasteiger charge is 2.15. The number of carbonyl (C=O) groups is 2. The Morgan fingerprint density at radius 2 is 1.92 bits per heavy atom. The molecule has 0 aliphatic heterocycles. The van der Waals surface area contributed by atoms with Crippen LogP contribution >= 0.6 is 0 Å². The molecule has 11 heteroatoms. The fourth-order valence-electron chi connectivity index (χ4n) is 2.01. The number of amides is 1. The highest BCUT2D eigenvalue weighted by Crippen LogP contribution is 2.14. The van der Waals surface area contributed by atoms with E-state index in [4.69, 9.17) is 4.74 Å². The van der Waals surface area contributed by atoms with E-state index in [1.54, 1.807) is 6.92 Å². The zero-order valence-electron chi connectivity index (χ0n) is 14.3. The molecular weight excluding hydrogens is 362 g/mol. The maximum Gasteiger partial charge on any atom is 0.327 e. The van der Waals surface area contributed by atoms with E-state index in [-0.39, 0.29) is 30.5 Å². The SMILES string of the molecule is CCOC(=O)Cn1cc(CNS(=O)(=O)c2ccc(NC(C)=O)cc2)nn1. The van der Waals surface area contributed by atoms with Gasteiger partial charge in [-0.2, -0.15) is 0 Å². The molecule has 0 aliphatic rings. The Hall–Kier alpha value is -2.79. The molecule has 10 nitrogen and oxygen atoms in total. The van der Waals surface area contributed by atoms with Crippen LogP contribution in [0, 0.1) is 0 Å². The Labute approximate surface area is 150 Å². The molecule has 1 amide bonds. The summed E-state index contributed by atoms with van der Waals surface area (Å²) in [5.74, 6) is -0.701. The third kappa shape index (κ3) is 5.63. The van der Waals surface area contributed by atoms with Gasteiger partial charge in [0.1, 0.15) is 6.54 Å². The van der Waals surface area contributed by atoms with Crippen molar-refractivity contribution in [1.82, 2.24) is 19.7 Å². The lowest BCUT2D eigenvalue weighted by molar-refractivity contribution is -0.144. The van der Waals surface area contributed by atoms with Gasteiger partial charge in [0.15, 0.2) is 0 Å². The normalized spacial score (nSPS) is 11.2. The van der Waals surface area contributed by atoms with Crippen LogP contribution in [-0.2, 0) is 37.4 Å². The van der Waals surface area contributed by atoms with Crippen LogP contribution in [0.25, 0.3) is 0 Å². The Morgan fingerprint density at radius 3 is 2.54 bits per heavy atom. The van der Waals surface area contributed by atoms with Crippen molar-refractivity contribution in [2.45, 2.75) is 31.8 Å². The number of carbonyl (C=O) groups excluding carboxylic acids is 2. The van der Waals surface area contributed by atoms with Crippen molar-refractivity contribution >= 4 is 27.6 Å². The zero-order chi connectivity index (χ0) is 19.2. The molecule has 2 rings (SSSR count). The van der Waals surface area contributed by atoms with Gasteiger partial charge >= 0.3 is 5.97 Å². The lowest BCUT2D eigenvalue weighted by Gasteiger charge is -2.07. The second kappa shape index (κ2) is 8.54. The van der Waals surface area contributed by atoms with Gasteiger partial charge in [-0.1, -0.05) is 5.21 Å². The van der Waals surface area contributed by atoms with Gasteiger partial charge in [0.25, 0.3) is 0 Å². The molecule has 0 atom stereocenters. The van der Waals surface area contributed by atoms with Crippen molar-refractivity contribution in [2.24, 2.45) is 0 Å². The summed E-state index contributed by atoms with van der Waals surface area (Å²) in [7, 11) is -3.76. The standard InChI is InChI=1S/C15H19N5O5S/c1-3-25-15(22)10-20-9-13(18-19-20)8-16-26(23,24)14-6-4-12(5-7-14)17-11(2)21/h4-7,9,16H,3,8,10H2,1-2H3,(H,17,21). The monoisotopic (exact) mass is 381 g/mol. The summed E-state index contributed by atoms with van der Waals surface area (Å²) >= 11 is 0. The molecule has 0 aliphatic carbocycles. The molecule has 0 radical (unpaired) electrons. The van der Waals surface area contributed by atoms with E-state index in [1.807, 2.05) is 0 Å². The van der Waals surface area contributed by atoms with Crippen LogP contribution in [0.15, 0.2) is 35.4 Å². The minimum absolute atomic E-state index is 0.0468. The number of esters is 1. The lowest BCUT2D eigenvalue weighted by atomic mass is 10.3. The Balaban J connectivity index is 1.96. The fourth-order valence-corrected chi connectivity index (χ4v) is 3.01. The third-order valence-electron chi connectivity index (χ3n) is 3.11. The summed E-state index contributed by atoms with van der Waals surface area (Å²) in [4.78, 5) is 22.4. The van der Waals surface area contributed by atoms with Crippen molar-refractivity contribution in [2.75, 3.05) is 11.9 Å². The Morgan fingerprint density at radius 1 is 1.23 bits per heavy atom. The number of hydrogen-bond acceptors (Lipinski definition) is 7. The van der Waals surface area contributed by atoms with Crippen LogP contribution in [0.2, 0.25) is 0 Å². The molecule has 0 saturated heterocycles. The van der Waals surface area contributed by atoms with Gasteiger partial charge in [0.05, 0.1) is 29.9 Å². The van der Waals surface area contributed by atoms with Crippen LogP contribution in [0.1, 0.15) is 19.5 Å². The van der Waals surface area contributed by atoms with E-state index < -0.39 is 16.0 Å². The second-order valence-electron chi connectivity index (χ2n) is 5.24. The number of nitrogens with one attached hydrogen (secondary N) is 2. The maximum atomic E-state index is 12.3. The molecule has 2 aromatic rings. The van der Waals surface area contributed by atoms with E-state index in [9.17, 15) is 18.0 Å². The molecule has 1 aromatic carbocycles. The topological polar surface area (TPSA) is 132 Å². The van der Waals surface area contributed by atoms with Crippen LogP contribution in [0.3, 0.4) is 0 Å². The van der Waals surface area contributed by atoms with E-state index in [2.05, 4.69) is 20.4 Å². The highest BCUT2D eigenvalue weighted by atomic mass is 32.2. The van der Waals surface area contributed by atoms with E-state index >= 15 is 0 Å². The van der Waals surface area contributed by atoms with E-state index in [0.717, 1.165) is 0 Å². The Kier molecular flexibility index (Phi) is 6.41. The molecule has 0 unspecified atom stereocenters. The number of benzene rings is 1. The van der Waals surface area contributed by atoms with Gasteiger partial charge in [0, 0.05) is 12.6 Å².